The maximum Gasteiger partial charge on any atom is 0.125 e. The van der Waals surface area contributed by atoms with Crippen molar-refractivity contribution < 1.29 is 4.74 Å². The van der Waals surface area contributed by atoms with Crippen LogP contribution < -0.4 is 10.5 Å². The Kier molecular flexibility index (Phi) is 4.19. The molecule has 0 radical (unpaired) electrons. The van der Waals surface area contributed by atoms with Gasteiger partial charge < -0.3 is 10.5 Å². The Bertz CT molecular complexity index is 441. The molecule has 0 bridgehead atoms. The second kappa shape index (κ2) is 5.54. The minimum Gasteiger partial charge on any atom is -0.496 e. The first kappa shape index (κ1) is 14.4. The average Bonchev–Trinajstić information content (AvgIpc) is 2.36. The first-order chi connectivity index (χ1) is 9.07. The van der Waals surface area contributed by atoms with E-state index >= 15 is 0 Å². The van der Waals surface area contributed by atoms with Crippen molar-refractivity contribution >= 4 is 0 Å². The van der Waals surface area contributed by atoms with Gasteiger partial charge in [-0.05, 0) is 41.9 Å². The Morgan fingerprint density at radius 2 is 2.00 bits per heavy atom. The van der Waals surface area contributed by atoms with Gasteiger partial charge in [-0.2, -0.15) is 0 Å². The summed E-state index contributed by atoms with van der Waals surface area (Å²) in [7, 11) is 1.78. The molecule has 2 nitrogen and oxygen atoms in total. The lowest BCUT2D eigenvalue weighted by Gasteiger charge is -2.42. The van der Waals surface area contributed by atoms with Gasteiger partial charge in [0.2, 0.25) is 0 Å². The van der Waals surface area contributed by atoms with Crippen molar-refractivity contribution in [2.24, 2.45) is 5.73 Å². The van der Waals surface area contributed by atoms with Crippen molar-refractivity contribution in [1.29, 1.82) is 0 Å². The summed E-state index contributed by atoms with van der Waals surface area (Å²) in [6, 6.07) is 4.67. The smallest absolute Gasteiger partial charge is 0.125 e. The quantitative estimate of drug-likeness (QED) is 0.876. The van der Waals surface area contributed by atoms with Crippen LogP contribution in [0.3, 0.4) is 0 Å². The van der Waals surface area contributed by atoms with Gasteiger partial charge in [0.1, 0.15) is 5.75 Å². The van der Waals surface area contributed by atoms with Gasteiger partial charge >= 0.3 is 0 Å². The van der Waals surface area contributed by atoms with Gasteiger partial charge in [-0.3, -0.25) is 0 Å². The Labute approximate surface area is 117 Å². The maximum absolute atomic E-state index is 6.06. The molecule has 2 N–H and O–H groups in total. The van der Waals surface area contributed by atoms with Gasteiger partial charge in [0, 0.05) is 12.0 Å². The molecule has 0 spiro atoms. The van der Waals surface area contributed by atoms with Gasteiger partial charge in [-0.1, -0.05) is 39.3 Å². The molecule has 0 aromatic heterocycles. The van der Waals surface area contributed by atoms with Crippen LogP contribution in [0.15, 0.2) is 12.1 Å². The fraction of sp³-hybridized carbons (Fsp3) is 0.647. The van der Waals surface area contributed by atoms with Crippen molar-refractivity contribution in [1.82, 2.24) is 0 Å². The SMILES string of the molecule is CCc1cc(C2(CN)CCC2)cc(C(C)C)c1OC. The third kappa shape index (κ3) is 2.38. The lowest BCUT2D eigenvalue weighted by Crippen LogP contribution is -2.41. The summed E-state index contributed by atoms with van der Waals surface area (Å²) >= 11 is 0. The van der Waals surface area contributed by atoms with Crippen LogP contribution in [-0.4, -0.2) is 13.7 Å². The number of rotatable bonds is 5. The first-order valence-electron chi connectivity index (χ1n) is 7.49. The predicted octanol–water partition coefficient (Wildman–Crippen LogP) is 3.76. The third-order valence-electron chi connectivity index (χ3n) is 4.72. The molecule has 1 aliphatic carbocycles. The van der Waals surface area contributed by atoms with E-state index in [0.717, 1.165) is 18.7 Å². The summed E-state index contributed by atoms with van der Waals surface area (Å²) in [6.45, 7) is 7.43. The zero-order chi connectivity index (χ0) is 14.0. The van der Waals surface area contributed by atoms with E-state index in [2.05, 4.69) is 32.9 Å². The van der Waals surface area contributed by atoms with E-state index in [4.69, 9.17) is 10.5 Å². The van der Waals surface area contributed by atoms with Crippen LogP contribution in [0, 0.1) is 0 Å². The highest BCUT2D eigenvalue weighted by Crippen LogP contribution is 2.45. The van der Waals surface area contributed by atoms with E-state index in [1.807, 2.05) is 0 Å². The number of methoxy groups -OCH3 is 1. The summed E-state index contributed by atoms with van der Waals surface area (Å²) in [5, 5.41) is 0. The topological polar surface area (TPSA) is 35.2 Å². The molecule has 0 amide bonds. The highest BCUT2D eigenvalue weighted by Gasteiger charge is 2.38. The fourth-order valence-electron chi connectivity index (χ4n) is 3.17. The van der Waals surface area contributed by atoms with E-state index in [0.29, 0.717) is 5.92 Å². The van der Waals surface area contributed by atoms with Crippen LogP contribution in [0.5, 0.6) is 5.75 Å². The number of hydrogen-bond donors (Lipinski definition) is 1. The molecule has 2 rings (SSSR count). The minimum atomic E-state index is 0.236. The van der Waals surface area contributed by atoms with Gasteiger partial charge in [-0.15, -0.1) is 0 Å². The second-order valence-electron chi connectivity index (χ2n) is 6.10. The molecule has 1 aromatic carbocycles. The van der Waals surface area contributed by atoms with Crippen LogP contribution >= 0.6 is 0 Å². The van der Waals surface area contributed by atoms with E-state index in [1.165, 1.54) is 36.0 Å². The number of hydrogen-bond acceptors (Lipinski definition) is 2. The summed E-state index contributed by atoms with van der Waals surface area (Å²) in [5.74, 6) is 1.56. The Morgan fingerprint density at radius 1 is 1.32 bits per heavy atom. The lowest BCUT2D eigenvalue weighted by molar-refractivity contribution is 0.252. The predicted molar refractivity (Wildman–Crippen MR) is 81.0 cm³/mol. The van der Waals surface area contributed by atoms with Gasteiger partial charge in [-0.25, -0.2) is 0 Å². The van der Waals surface area contributed by atoms with Crippen LogP contribution in [0.1, 0.15) is 62.6 Å². The molecule has 0 heterocycles. The second-order valence-corrected chi connectivity index (χ2v) is 6.10. The van der Waals surface area contributed by atoms with Gasteiger partial charge in [0.25, 0.3) is 0 Å². The van der Waals surface area contributed by atoms with Crippen molar-refractivity contribution in [3.63, 3.8) is 0 Å². The molecular weight excluding hydrogens is 234 g/mol. The number of benzene rings is 1. The van der Waals surface area contributed by atoms with E-state index in [1.54, 1.807) is 7.11 Å². The van der Waals surface area contributed by atoms with Crippen LogP contribution in [0.2, 0.25) is 0 Å². The van der Waals surface area contributed by atoms with Crippen LogP contribution in [0.4, 0.5) is 0 Å². The zero-order valence-corrected chi connectivity index (χ0v) is 12.8. The van der Waals surface area contributed by atoms with Crippen LogP contribution in [0.25, 0.3) is 0 Å². The molecule has 1 saturated carbocycles. The highest BCUT2D eigenvalue weighted by atomic mass is 16.5. The van der Waals surface area contributed by atoms with Crippen molar-refractivity contribution in [3.8, 4) is 5.75 Å². The number of aryl methyl sites for hydroxylation is 1. The molecule has 0 atom stereocenters. The maximum atomic E-state index is 6.06. The average molecular weight is 261 g/mol. The number of ether oxygens (including phenoxy) is 1. The molecular formula is C17H27NO. The van der Waals surface area contributed by atoms with Gasteiger partial charge in [0.15, 0.2) is 0 Å². The van der Waals surface area contributed by atoms with E-state index in [-0.39, 0.29) is 5.41 Å². The Morgan fingerprint density at radius 3 is 2.37 bits per heavy atom. The zero-order valence-electron chi connectivity index (χ0n) is 12.8. The molecule has 106 valence electrons. The number of nitrogens with two attached hydrogens (primary N) is 1. The summed E-state index contributed by atoms with van der Waals surface area (Å²) in [4.78, 5) is 0. The van der Waals surface area contributed by atoms with E-state index < -0.39 is 0 Å². The fourth-order valence-corrected chi connectivity index (χ4v) is 3.17. The molecule has 1 aliphatic rings. The molecule has 0 saturated heterocycles. The van der Waals surface area contributed by atoms with Gasteiger partial charge in [0.05, 0.1) is 7.11 Å². The van der Waals surface area contributed by atoms with Crippen molar-refractivity contribution in [2.45, 2.75) is 57.8 Å². The largest absolute Gasteiger partial charge is 0.496 e. The highest BCUT2D eigenvalue weighted by molar-refractivity contribution is 5.49. The van der Waals surface area contributed by atoms with Crippen molar-refractivity contribution in [3.05, 3.63) is 28.8 Å². The Balaban J connectivity index is 2.54. The molecule has 19 heavy (non-hydrogen) atoms. The monoisotopic (exact) mass is 261 g/mol. The lowest BCUT2D eigenvalue weighted by atomic mass is 9.64. The third-order valence-corrected chi connectivity index (χ3v) is 4.72. The molecule has 0 aliphatic heterocycles. The first-order valence-corrected chi connectivity index (χ1v) is 7.49. The normalized spacial score (nSPS) is 17.4. The minimum absolute atomic E-state index is 0.236. The standard InChI is InChI=1S/C17H27NO/c1-5-13-9-14(17(11-18)7-6-8-17)10-15(12(2)3)16(13)19-4/h9-10,12H,5-8,11,18H2,1-4H3. The molecule has 1 fully saturated rings. The summed E-state index contributed by atoms with van der Waals surface area (Å²) in [6.07, 6.45) is 4.78. The molecule has 2 heteroatoms. The summed E-state index contributed by atoms with van der Waals surface area (Å²) < 4.78 is 5.65. The van der Waals surface area contributed by atoms with Crippen LogP contribution in [-0.2, 0) is 11.8 Å². The van der Waals surface area contributed by atoms with E-state index in [9.17, 15) is 0 Å². The van der Waals surface area contributed by atoms with Crippen molar-refractivity contribution in [2.75, 3.05) is 13.7 Å². The molecule has 1 aromatic rings. The summed E-state index contributed by atoms with van der Waals surface area (Å²) in [5.41, 5.74) is 10.4. The molecule has 0 unspecified atom stereocenters. The Hall–Kier alpha value is -1.02.